The predicted octanol–water partition coefficient (Wildman–Crippen LogP) is 1.93. The molecule has 0 fully saturated rings. The van der Waals surface area contributed by atoms with Gasteiger partial charge in [-0.3, -0.25) is 0 Å². The first-order valence-corrected chi connectivity index (χ1v) is 4.18. The summed E-state index contributed by atoms with van der Waals surface area (Å²) in [4.78, 5) is 0. The molecule has 0 saturated heterocycles. The van der Waals surface area contributed by atoms with E-state index in [1.54, 1.807) is 12.1 Å². The van der Waals surface area contributed by atoms with Crippen molar-refractivity contribution < 1.29 is 14.6 Å². The third kappa shape index (κ3) is 2.05. The van der Waals surface area contributed by atoms with Gasteiger partial charge in [-0.05, 0) is 17.5 Å². The molecule has 0 aliphatic carbocycles. The Bertz CT molecular complexity index is 295. The third-order valence-corrected chi connectivity index (χ3v) is 1.97. The van der Waals surface area contributed by atoms with Crippen LogP contribution in [0.2, 0.25) is 0 Å². The highest BCUT2D eigenvalue weighted by Gasteiger charge is 2.16. The monoisotopic (exact) mass is 184 g/mol. The first kappa shape index (κ1) is 10.2. The van der Waals surface area contributed by atoms with Crippen LogP contribution in [-0.4, -0.2) is 10.2 Å². The van der Waals surface area contributed by atoms with Gasteiger partial charge in [-0.25, -0.2) is 4.39 Å². The Hall–Kier alpha value is -0.930. The molecule has 0 heterocycles. The number of aliphatic hydroxyl groups is 2. The summed E-state index contributed by atoms with van der Waals surface area (Å²) >= 11 is 0. The van der Waals surface area contributed by atoms with E-state index in [2.05, 4.69) is 0 Å². The normalized spacial score (nSPS) is 11.3. The summed E-state index contributed by atoms with van der Waals surface area (Å²) in [6.45, 7) is 3.75. The van der Waals surface area contributed by atoms with E-state index >= 15 is 0 Å². The van der Waals surface area contributed by atoms with E-state index in [0.717, 1.165) is 0 Å². The molecule has 2 nitrogen and oxygen atoms in total. The van der Waals surface area contributed by atoms with Crippen LogP contribution in [0.25, 0.3) is 0 Å². The van der Waals surface area contributed by atoms with Crippen LogP contribution >= 0.6 is 0 Å². The smallest absolute Gasteiger partial charge is 0.181 e. The Morgan fingerprint density at radius 3 is 2.23 bits per heavy atom. The second-order valence-electron chi connectivity index (χ2n) is 3.27. The number of hydrogen-bond acceptors (Lipinski definition) is 2. The average molecular weight is 184 g/mol. The van der Waals surface area contributed by atoms with Gasteiger partial charge >= 0.3 is 0 Å². The van der Waals surface area contributed by atoms with Crippen LogP contribution in [0.15, 0.2) is 18.2 Å². The van der Waals surface area contributed by atoms with Gasteiger partial charge in [-0.15, -0.1) is 0 Å². The second kappa shape index (κ2) is 3.85. The number of aliphatic hydroxyl groups excluding tert-OH is 1. The summed E-state index contributed by atoms with van der Waals surface area (Å²) in [5.74, 6) is -0.492. The fraction of sp³-hybridized carbons (Fsp3) is 0.400. The molecule has 0 atom stereocenters. The second-order valence-corrected chi connectivity index (χ2v) is 3.27. The minimum absolute atomic E-state index is 0.0162. The zero-order valence-electron chi connectivity index (χ0n) is 7.66. The molecule has 0 aliphatic rings. The largest absolute Gasteiger partial charge is 0.364 e. The number of benzene rings is 1. The minimum atomic E-state index is -1.74. The lowest BCUT2D eigenvalue weighted by Gasteiger charge is -2.14. The highest BCUT2D eigenvalue weighted by Crippen LogP contribution is 2.25. The maximum Gasteiger partial charge on any atom is 0.181 e. The molecule has 0 spiro atoms. The fourth-order valence-corrected chi connectivity index (χ4v) is 1.33. The van der Waals surface area contributed by atoms with Gasteiger partial charge in [0.05, 0.1) is 0 Å². The van der Waals surface area contributed by atoms with E-state index in [-0.39, 0.29) is 11.5 Å². The van der Waals surface area contributed by atoms with E-state index in [1.165, 1.54) is 6.07 Å². The minimum Gasteiger partial charge on any atom is -0.364 e. The molecule has 72 valence electrons. The van der Waals surface area contributed by atoms with Gasteiger partial charge in [0, 0.05) is 5.56 Å². The van der Waals surface area contributed by atoms with Crippen molar-refractivity contribution in [1.82, 2.24) is 0 Å². The quantitative estimate of drug-likeness (QED) is 0.689. The molecule has 0 bridgehead atoms. The number of hydrogen-bond donors (Lipinski definition) is 2. The maximum atomic E-state index is 13.1. The van der Waals surface area contributed by atoms with Crippen LogP contribution in [-0.2, 0) is 0 Å². The third-order valence-electron chi connectivity index (χ3n) is 1.97. The van der Waals surface area contributed by atoms with Gasteiger partial charge in [0.2, 0.25) is 0 Å². The lowest BCUT2D eigenvalue weighted by atomic mass is 9.96. The van der Waals surface area contributed by atoms with Gasteiger partial charge in [-0.1, -0.05) is 26.0 Å². The van der Waals surface area contributed by atoms with E-state index in [0.29, 0.717) is 5.56 Å². The van der Waals surface area contributed by atoms with Crippen molar-refractivity contribution >= 4 is 0 Å². The van der Waals surface area contributed by atoms with Gasteiger partial charge in [-0.2, -0.15) is 0 Å². The highest BCUT2D eigenvalue weighted by atomic mass is 19.1. The Balaban J connectivity index is 3.26. The van der Waals surface area contributed by atoms with Crippen molar-refractivity contribution in [1.29, 1.82) is 0 Å². The summed E-state index contributed by atoms with van der Waals surface area (Å²) in [5.41, 5.74) is 0.618. The first-order chi connectivity index (χ1) is 6.04. The molecule has 2 N–H and O–H groups in total. The molecule has 1 aromatic carbocycles. The van der Waals surface area contributed by atoms with Crippen LogP contribution in [0.5, 0.6) is 0 Å². The molecule has 13 heavy (non-hydrogen) atoms. The average Bonchev–Trinajstić information content (AvgIpc) is 2.02. The van der Waals surface area contributed by atoms with Crippen LogP contribution < -0.4 is 0 Å². The lowest BCUT2D eigenvalue weighted by Crippen LogP contribution is -2.05. The van der Waals surface area contributed by atoms with Crippen LogP contribution in [0, 0.1) is 5.82 Å². The predicted molar refractivity (Wildman–Crippen MR) is 47.7 cm³/mol. The first-order valence-electron chi connectivity index (χ1n) is 4.18. The standard InChI is InChI=1S/C10H13FO2/c1-6(2)7-4-3-5-8(11)9(7)10(12)13/h3-6,10,12-13H,1-2H3. The van der Waals surface area contributed by atoms with Crippen LogP contribution in [0.3, 0.4) is 0 Å². The topological polar surface area (TPSA) is 40.5 Å². The van der Waals surface area contributed by atoms with Crippen LogP contribution in [0.1, 0.15) is 37.2 Å². The van der Waals surface area contributed by atoms with E-state index in [4.69, 9.17) is 10.2 Å². The maximum absolute atomic E-state index is 13.1. The summed E-state index contributed by atoms with van der Waals surface area (Å²) in [5, 5.41) is 17.9. The molecular formula is C10H13FO2. The van der Waals surface area contributed by atoms with Gasteiger partial charge < -0.3 is 10.2 Å². The molecule has 0 aromatic heterocycles. The summed E-state index contributed by atoms with van der Waals surface area (Å²) < 4.78 is 13.1. The molecule has 0 saturated carbocycles. The van der Waals surface area contributed by atoms with Crippen molar-refractivity contribution in [3.8, 4) is 0 Å². The van der Waals surface area contributed by atoms with Crippen LogP contribution in [0.4, 0.5) is 4.39 Å². The summed E-state index contributed by atoms with van der Waals surface area (Å²) in [7, 11) is 0. The molecule has 0 amide bonds. The van der Waals surface area contributed by atoms with Crippen molar-refractivity contribution in [2.24, 2.45) is 0 Å². The fourth-order valence-electron chi connectivity index (χ4n) is 1.33. The molecule has 0 aliphatic heterocycles. The molecular weight excluding hydrogens is 171 g/mol. The Labute approximate surface area is 76.6 Å². The highest BCUT2D eigenvalue weighted by molar-refractivity contribution is 5.31. The zero-order valence-corrected chi connectivity index (χ0v) is 7.66. The zero-order chi connectivity index (χ0) is 10.0. The van der Waals surface area contributed by atoms with Crippen molar-refractivity contribution in [2.75, 3.05) is 0 Å². The Kier molecular flexibility index (Phi) is 3.01. The molecule has 0 unspecified atom stereocenters. The lowest BCUT2D eigenvalue weighted by molar-refractivity contribution is -0.0457. The van der Waals surface area contributed by atoms with Gasteiger partial charge in [0.1, 0.15) is 5.82 Å². The Morgan fingerprint density at radius 1 is 1.23 bits per heavy atom. The van der Waals surface area contributed by atoms with Crippen molar-refractivity contribution in [3.63, 3.8) is 0 Å². The van der Waals surface area contributed by atoms with Crippen molar-refractivity contribution in [3.05, 3.63) is 35.1 Å². The van der Waals surface area contributed by atoms with Gasteiger partial charge in [0.25, 0.3) is 0 Å². The van der Waals surface area contributed by atoms with Gasteiger partial charge in [0.15, 0.2) is 6.29 Å². The van der Waals surface area contributed by atoms with Crippen molar-refractivity contribution in [2.45, 2.75) is 26.1 Å². The molecule has 1 rings (SSSR count). The number of halogens is 1. The van der Waals surface area contributed by atoms with E-state index in [1.807, 2.05) is 13.8 Å². The summed E-state index contributed by atoms with van der Waals surface area (Å²) in [6, 6.07) is 4.49. The van der Waals surface area contributed by atoms with E-state index < -0.39 is 12.1 Å². The molecule has 0 radical (unpaired) electrons. The van der Waals surface area contributed by atoms with E-state index in [9.17, 15) is 4.39 Å². The Morgan fingerprint density at radius 2 is 1.85 bits per heavy atom. The SMILES string of the molecule is CC(C)c1cccc(F)c1C(O)O. The molecule has 1 aromatic rings. The number of rotatable bonds is 2. The summed E-state index contributed by atoms with van der Waals surface area (Å²) in [6.07, 6.45) is -1.74. The molecule has 3 heteroatoms.